The van der Waals surface area contributed by atoms with Gasteiger partial charge in [-0.3, -0.25) is 9.52 Å². The summed E-state index contributed by atoms with van der Waals surface area (Å²) < 4.78 is 39.1. The zero-order valence-corrected chi connectivity index (χ0v) is 14.8. The summed E-state index contributed by atoms with van der Waals surface area (Å²) in [5, 5.41) is 0. The lowest BCUT2D eigenvalue weighted by Crippen LogP contribution is -2.11. The maximum atomic E-state index is 13.2. The van der Waals surface area contributed by atoms with Gasteiger partial charge < -0.3 is 0 Å². The first-order valence-corrected chi connectivity index (χ1v) is 9.70. The zero-order valence-electron chi connectivity index (χ0n) is 13.9. The molecule has 1 N–H and O–H groups in total. The Labute approximate surface area is 151 Å². The Balaban J connectivity index is 2.09. The molecule has 6 heteroatoms. The summed E-state index contributed by atoms with van der Waals surface area (Å²) in [6, 6.07) is 19.2. The molecule has 0 heterocycles. The lowest BCUT2D eigenvalue weighted by Gasteiger charge is -2.13. The summed E-state index contributed by atoms with van der Waals surface area (Å²) in [5.74, 6) is -0.602. The topological polar surface area (TPSA) is 63.2 Å². The third-order valence-corrected chi connectivity index (χ3v) is 4.36. The number of nitrogens with one attached hydrogen (secondary N) is 1. The summed E-state index contributed by atoms with van der Waals surface area (Å²) in [6.07, 6.45) is 1.03. The third kappa shape index (κ3) is 4.15. The highest BCUT2D eigenvalue weighted by Gasteiger charge is 2.15. The van der Waals surface area contributed by atoms with Gasteiger partial charge in [0, 0.05) is 16.7 Å². The van der Waals surface area contributed by atoms with E-state index in [4.69, 9.17) is 0 Å². The van der Waals surface area contributed by atoms with Crippen LogP contribution in [0.3, 0.4) is 0 Å². The van der Waals surface area contributed by atoms with Gasteiger partial charge in [0.25, 0.3) is 0 Å². The van der Waals surface area contributed by atoms with Crippen LogP contribution in [0.5, 0.6) is 0 Å². The molecule has 0 saturated heterocycles. The van der Waals surface area contributed by atoms with Gasteiger partial charge in [-0.05, 0) is 23.8 Å². The fourth-order valence-corrected chi connectivity index (χ4v) is 3.18. The Bertz CT molecular complexity index is 1050. The number of benzene rings is 3. The Hall–Kier alpha value is -2.99. The lowest BCUT2D eigenvalue weighted by molar-refractivity contribution is 0.103. The summed E-state index contributed by atoms with van der Waals surface area (Å²) >= 11 is 0. The molecular formula is C20H16FNO3S. The van der Waals surface area contributed by atoms with E-state index in [1.807, 2.05) is 6.07 Å². The van der Waals surface area contributed by atoms with Crippen molar-refractivity contribution in [1.82, 2.24) is 0 Å². The van der Waals surface area contributed by atoms with Crippen LogP contribution in [0.4, 0.5) is 10.1 Å². The molecule has 3 rings (SSSR count). The van der Waals surface area contributed by atoms with E-state index in [0.29, 0.717) is 22.3 Å². The minimum Gasteiger partial charge on any atom is -0.289 e. The summed E-state index contributed by atoms with van der Waals surface area (Å²) in [7, 11) is -3.56. The molecule has 0 spiro atoms. The van der Waals surface area contributed by atoms with Gasteiger partial charge in [0.1, 0.15) is 5.82 Å². The minimum absolute atomic E-state index is 0.215. The number of carbonyl (C=O) groups excluding carboxylic acids is 1. The van der Waals surface area contributed by atoms with Gasteiger partial charge in [0.2, 0.25) is 10.0 Å². The number of anilines is 1. The second kappa shape index (κ2) is 7.09. The summed E-state index contributed by atoms with van der Waals surface area (Å²) in [4.78, 5) is 12.6. The molecule has 132 valence electrons. The Morgan fingerprint density at radius 2 is 1.54 bits per heavy atom. The third-order valence-electron chi connectivity index (χ3n) is 3.77. The van der Waals surface area contributed by atoms with Crippen LogP contribution in [0.1, 0.15) is 15.9 Å². The van der Waals surface area contributed by atoms with Crippen molar-refractivity contribution in [2.45, 2.75) is 0 Å². The van der Waals surface area contributed by atoms with Crippen LogP contribution in [0.25, 0.3) is 11.1 Å². The highest BCUT2D eigenvalue weighted by molar-refractivity contribution is 7.92. The molecule has 0 amide bonds. The molecular weight excluding hydrogens is 353 g/mol. The standard InChI is InChI=1S/C20H16FNO3S/c1-26(24,25)22-19-13-16(20(23)15-5-3-2-4-6-15)9-12-18(19)14-7-10-17(21)11-8-14/h2-13,22H,1H3. The molecule has 0 aliphatic rings. The van der Waals surface area contributed by atoms with Crippen LogP contribution in [-0.2, 0) is 10.0 Å². The van der Waals surface area contributed by atoms with E-state index >= 15 is 0 Å². The van der Waals surface area contributed by atoms with Crippen molar-refractivity contribution in [1.29, 1.82) is 0 Å². The van der Waals surface area contributed by atoms with Crippen LogP contribution in [0.2, 0.25) is 0 Å². The number of ketones is 1. The highest BCUT2D eigenvalue weighted by Crippen LogP contribution is 2.30. The van der Waals surface area contributed by atoms with Crippen LogP contribution in [0, 0.1) is 5.82 Å². The first-order valence-electron chi connectivity index (χ1n) is 7.81. The minimum atomic E-state index is -3.56. The summed E-state index contributed by atoms with van der Waals surface area (Å²) in [5.41, 5.74) is 2.32. The summed E-state index contributed by atoms with van der Waals surface area (Å²) in [6.45, 7) is 0. The number of hydrogen-bond donors (Lipinski definition) is 1. The largest absolute Gasteiger partial charge is 0.289 e. The molecule has 4 nitrogen and oxygen atoms in total. The smallest absolute Gasteiger partial charge is 0.229 e. The maximum absolute atomic E-state index is 13.2. The molecule has 0 atom stereocenters. The molecule has 0 bridgehead atoms. The quantitative estimate of drug-likeness (QED) is 0.689. The highest BCUT2D eigenvalue weighted by atomic mass is 32.2. The molecule has 0 saturated carbocycles. The van der Waals surface area contributed by atoms with Crippen molar-refractivity contribution < 1.29 is 17.6 Å². The van der Waals surface area contributed by atoms with E-state index < -0.39 is 10.0 Å². The van der Waals surface area contributed by atoms with E-state index in [9.17, 15) is 17.6 Å². The van der Waals surface area contributed by atoms with Crippen molar-refractivity contribution in [2.75, 3.05) is 11.0 Å². The molecule has 0 unspecified atom stereocenters. The fourth-order valence-electron chi connectivity index (χ4n) is 2.61. The first kappa shape index (κ1) is 17.8. The van der Waals surface area contributed by atoms with Crippen molar-refractivity contribution in [3.8, 4) is 11.1 Å². The van der Waals surface area contributed by atoms with E-state index in [-0.39, 0.29) is 17.3 Å². The average molecular weight is 369 g/mol. The number of carbonyl (C=O) groups is 1. The Morgan fingerprint density at radius 3 is 2.15 bits per heavy atom. The number of rotatable bonds is 5. The normalized spacial score (nSPS) is 11.2. The lowest BCUT2D eigenvalue weighted by atomic mass is 9.98. The van der Waals surface area contributed by atoms with E-state index in [1.165, 1.54) is 18.2 Å². The van der Waals surface area contributed by atoms with Gasteiger partial charge in [-0.1, -0.05) is 54.6 Å². The van der Waals surface area contributed by atoms with E-state index in [2.05, 4.69) is 4.72 Å². The van der Waals surface area contributed by atoms with Gasteiger partial charge in [0.15, 0.2) is 5.78 Å². The number of halogens is 1. The van der Waals surface area contributed by atoms with Gasteiger partial charge >= 0.3 is 0 Å². The van der Waals surface area contributed by atoms with Gasteiger partial charge in [-0.2, -0.15) is 0 Å². The molecule has 3 aromatic rings. The molecule has 0 aliphatic carbocycles. The van der Waals surface area contributed by atoms with E-state index in [1.54, 1.807) is 48.5 Å². The molecule has 0 radical (unpaired) electrons. The molecule has 0 aromatic heterocycles. The fraction of sp³-hybridized carbons (Fsp3) is 0.0500. The zero-order chi connectivity index (χ0) is 18.7. The van der Waals surface area contributed by atoms with E-state index in [0.717, 1.165) is 6.26 Å². The van der Waals surface area contributed by atoms with Crippen LogP contribution < -0.4 is 4.72 Å². The van der Waals surface area contributed by atoms with Crippen LogP contribution in [0.15, 0.2) is 72.8 Å². The average Bonchev–Trinajstić information content (AvgIpc) is 2.61. The van der Waals surface area contributed by atoms with Crippen molar-refractivity contribution in [3.05, 3.63) is 89.7 Å². The van der Waals surface area contributed by atoms with Gasteiger partial charge in [0.05, 0.1) is 11.9 Å². The Kier molecular flexibility index (Phi) is 4.86. The van der Waals surface area contributed by atoms with Crippen LogP contribution >= 0.6 is 0 Å². The first-order chi connectivity index (χ1) is 12.3. The second-order valence-corrected chi connectivity index (χ2v) is 7.59. The molecule has 3 aromatic carbocycles. The second-order valence-electron chi connectivity index (χ2n) is 5.84. The van der Waals surface area contributed by atoms with Crippen molar-refractivity contribution in [3.63, 3.8) is 0 Å². The molecule has 26 heavy (non-hydrogen) atoms. The van der Waals surface area contributed by atoms with Crippen LogP contribution in [-0.4, -0.2) is 20.5 Å². The Morgan fingerprint density at radius 1 is 0.885 bits per heavy atom. The predicted molar refractivity (Wildman–Crippen MR) is 100 cm³/mol. The predicted octanol–water partition coefficient (Wildman–Crippen LogP) is 4.10. The van der Waals surface area contributed by atoms with Crippen molar-refractivity contribution in [2.24, 2.45) is 0 Å². The molecule has 0 aliphatic heterocycles. The number of sulfonamides is 1. The van der Waals surface area contributed by atoms with Gasteiger partial charge in [-0.15, -0.1) is 0 Å². The SMILES string of the molecule is CS(=O)(=O)Nc1cc(C(=O)c2ccccc2)ccc1-c1ccc(F)cc1. The van der Waals surface area contributed by atoms with Crippen molar-refractivity contribution >= 4 is 21.5 Å². The molecule has 0 fully saturated rings. The van der Waals surface area contributed by atoms with Gasteiger partial charge in [-0.25, -0.2) is 12.8 Å². The monoisotopic (exact) mass is 369 g/mol. The maximum Gasteiger partial charge on any atom is 0.229 e. The number of hydrogen-bond acceptors (Lipinski definition) is 3.